The largest absolute Gasteiger partial charge is 0.472 e. The summed E-state index contributed by atoms with van der Waals surface area (Å²) in [7, 11) is -4.39. The second-order valence-corrected chi connectivity index (χ2v) is 22.3. The van der Waals surface area contributed by atoms with Crippen LogP contribution in [0.4, 0.5) is 0 Å². The monoisotopic (exact) mass is 1070 g/mol. The van der Waals surface area contributed by atoms with E-state index in [4.69, 9.17) is 24.3 Å². The van der Waals surface area contributed by atoms with Crippen molar-refractivity contribution < 1.29 is 37.6 Å². The van der Waals surface area contributed by atoms with E-state index < -0.39 is 26.5 Å². The maximum atomic E-state index is 12.7. The molecule has 75 heavy (non-hydrogen) atoms. The van der Waals surface area contributed by atoms with E-state index in [9.17, 15) is 19.0 Å². The molecule has 0 fully saturated rings. The van der Waals surface area contributed by atoms with Gasteiger partial charge in [0.1, 0.15) is 6.61 Å². The molecule has 0 aliphatic carbocycles. The van der Waals surface area contributed by atoms with Crippen LogP contribution in [0.25, 0.3) is 0 Å². The van der Waals surface area contributed by atoms with Crippen LogP contribution < -0.4 is 5.73 Å². The standard InChI is InChI=1S/C65H118NO8P/c1-3-5-7-9-11-13-15-17-19-21-23-25-27-28-29-30-31-32-33-34-36-38-40-42-44-46-48-50-52-54-56-58-65(68)74-63(62-73-75(69,70)72-60-59-66)61-71-64(67)57-55-53-51-49-47-45-43-41-39-37-35-26-24-22-20-18-16-14-12-10-8-6-4-2/h5,7,11,13,17,19,22-25,28-29,63H,3-4,6,8-10,12,14-16,18,20-21,26-27,30-62,66H2,1-2H3,(H,69,70)/b7-5-,13-11-,19-17-,24-22-,25-23-,29-28-. The average molecular weight is 1070 g/mol. The highest BCUT2D eigenvalue weighted by Gasteiger charge is 2.26. The van der Waals surface area contributed by atoms with E-state index in [0.717, 1.165) is 70.6 Å². The molecule has 0 rings (SSSR count). The zero-order valence-electron chi connectivity index (χ0n) is 48.8. The highest BCUT2D eigenvalue weighted by atomic mass is 31.2. The minimum atomic E-state index is -4.39. The van der Waals surface area contributed by atoms with Crippen LogP contribution in [0.5, 0.6) is 0 Å². The van der Waals surface area contributed by atoms with Crippen molar-refractivity contribution in [3.8, 4) is 0 Å². The molecule has 0 aliphatic rings. The number of nitrogens with two attached hydrogens (primary N) is 1. The summed E-state index contributed by atoms with van der Waals surface area (Å²) in [5, 5.41) is 0. The van der Waals surface area contributed by atoms with E-state index in [1.807, 2.05) is 0 Å². The molecule has 0 aromatic carbocycles. The third-order valence-corrected chi connectivity index (χ3v) is 14.6. The average Bonchev–Trinajstić information content (AvgIpc) is 3.40. The molecular weight excluding hydrogens is 954 g/mol. The summed E-state index contributed by atoms with van der Waals surface area (Å²) in [6.45, 7) is 3.67. The normalized spacial score (nSPS) is 13.5. The van der Waals surface area contributed by atoms with Gasteiger partial charge in [0.05, 0.1) is 13.2 Å². The van der Waals surface area contributed by atoms with E-state index in [2.05, 4.69) is 86.8 Å². The number of phosphoric ester groups is 1. The molecule has 436 valence electrons. The molecule has 0 aromatic rings. The lowest BCUT2D eigenvalue weighted by molar-refractivity contribution is -0.161. The van der Waals surface area contributed by atoms with E-state index in [1.54, 1.807) is 0 Å². The van der Waals surface area contributed by atoms with Crippen molar-refractivity contribution in [2.75, 3.05) is 26.4 Å². The Hall–Kier alpha value is -2.55. The van der Waals surface area contributed by atoms with Crippen LogP contribution in [-0.4, -0.2) is 49.3 Å². The number of allylic oxidation sites excluding steroid dienone is 12. The summed E-state index contributed by atoms with van der Waals surface area (Å²) >= 11 is 0. The summed E-state index contributed by atoms with van der Waals surface area (Å²) in [4.78, 5) is 35.3. The van der Waals surface area contributed by atoms with E-state index in [1.165, 1.54) is 193 Å². The Kier molecular flexibility index (Phi) is 58.6. The number of hydrogen-bond donors (Lipinski definition) is 2. The third-order valence-electron chi connectivity index (χ3n) is 13.6. The van der Waals surface area contributed by atoms with Gasteiger partial charge in [0.25, 0.3) is 0 Å². The number of esters is 2. The van der Waals surface area contributed by atoms with Crippen LogP contribution >= 0.6 is 7.82 Å². The van der Waals surface area contributed by atoms with Crippen LogP contribution in [0.2, 0.25) is 0 Å². The highest BCUT2D eigenvalue weighted by molar-refractivity contribution is 7.47. The van der Waals surface area contributed by atoms with Crippen molar-refractivity contribution >= 4 is 19.8 Å². The lowest BCUT2D eigenvalue weighted by Crippen LogP contribution is -2.29. The summed E-state index contributed by atoms with van der Waals surface area (Å²) in [6, 6.07) is 0. The molecule has 0 saturated heterocycles. The second kappa shape index (κ2) is 60.7. The molecule has 0 saturated carbocycles. The van der Waals surface area contributed by atoms with Gasteiger partial charge in [-0.15, -0.1) is 0 Å². The van der Waals surface area contributed by atoms with E-state index in [0.29, 0.717) is 6.42 Å². The Morgan fingerprint density at radius 2 is 0.733 bits per heavy atom. The predicted molar refractivity (Wildman–Crippen MR) is 321 cm³/mol. The van der Waals surface area contributed by atoms with Crippen LogP contribution in [-0.2, 0) is 32.7 Å². The van der Waals surface area contributed by atoms with Crippen LogP contribution in [0, 0.1) is 0 Å². The van der Waals surface area contributed by atoms with Gasteiger partial charge < -0.3 is 20.1 Å². The van der Waals surface area contributed by atoms with Crippen molar-refractivity contribution in [1.29, 1.82) is 0 Å². The molecule has 0 radical (unpaired) electrons. The van der Waals surface area contributed by atoms with Crippen molar-refractivity contribution in [2.45, 2.75) is 302 Å². The van der Waals surface area contributed by atoms with Crippen LogP contribution in [0.3, 0.4) is 0 Å². The number of carbonyl (C=O) groups is 2. The summed E-state index contributed by atoms with van der Waals surface area (Å²) in [5.74, 6) is -0.819. The van der Waals surface area contributed by atoms with Gasteiger partial charge in [0.2, 0.25) is 0 Å². The molecule has 0 aromatic heterocycles. The topological polar surface area (TPSA) is 134 Å². The molecule has 0 spiro atoms. The molecular formula is C65H118NO8P. The summed E-state index contributed by atoms with van der Waals surface area (Å²) in [5.41, 5.74) is 5.39. The van der Waals surface area contributed by atoms with Crippen molar-refractivity contribution in [3.05, 3.63) is 72.9 Å². The van der Waals surface area contributed by atoms with Gasteiger partial charge in [-0.1, -0.05) is 273 Å². The maximum absolute atomic E-state index is 12.7. The zero-order valence-corrected chi connectivity index (χ0v) is 49.7. The first kappa shape index (κ1) is 72.5. The fraction of sp³-hybridized carbons (Fsp3) is 0.785. The van der Waals surface area contributed by atoms with Gasteiger partial charge >= 0.3 is 19.8 Å². The quantitative estimate of drug-likeness (QED) is 0.0264. The molecule has 3 N–H and O–H groups in total. The molecule has 2 atom stereocenters. The molecule has 10 heteroatoms. The number of carbonyl (C=O) groups excluding carboxylic acids is 2. The molecule has 2 unspecified atom stereocenters. The maximum Gasteiger partial charge on any atom is 0.472 e. The second-order valence-electron chi connectivity index (χ2n) is 20.9. The lowest BCUT2D eigenvalue weighted by Gasteiger charge is -2.19. The van der Waals surface area contributed by atoms with Gasteiger partial charge in [-0.3, -0.25) is 18.6 Å². The fourth-order valence-electron chi connectivity index (χ4n) is 8.95. The fourth-order valence-corrected chi connectivity index (χ4v) is 9.72. The summed E-state index contributed by atoms with van der Waals surface area (Å²) in [6.07, 6.45) is 78.2. The molecule has 9 nitrogen and oxygen atoms in total. The van der Waals surface area contributed by atoms with E-state index >= 15 is 0 Å². The molecule has 0 heterocycles. The highest BCUT2D eigenvalue weighted by Crippen LogP contribution is 2.43. The number of hydrogen-bond acceptors (Lipinski definition) is 8. The van der Waals surface area contributed by atoms with Gasteiger partial charge in [0, 0.05) is 19.4 Å². The third kappa shape index (κ3) is 60.5. The van der Waals surface area contributed by atoms with Gasteiger partial charge in [-0.05, 0) is 83.5 Å². The minimum absolute atomic E-state index is 0.0524. The summed E-state index contributed by atoms with van der Waals surface area (Å²) < 4.78 is 33.1. The van der Waals surface area contributed by atoms with E-state index in [-0.39, 0.29) is 38.6 Å². The van der Waals surface area contributed by atoms with Crippen LogP contribution in [0.15, 0.2) is 72.9 Å². The number of phosphoric acid groups is 1. The Bertz CT molecular complexity index is 1460. The Balaban J connectivity index is 3.92. The first-order valence-electron chi connectivity index (χ1n) is 31.4. The van der Waals surface area contributed by atoms with Crippen molar-refractivity contribution in [3.63, 3.8) is 0 Å². The SMILES string of the molecule is CC/C=C\C/C=C\C/C=C\C/C=C\C/C=C\CCCCCCCCCCCCCCCCCC(=O)OC(COC(=O)CCCCCCCCCCCCC/C=C\CCCCCCCCCC)COP(=O)(O)OCCN. The van der Waals surface area contributed by atoms with Gasteiger partial charge in [-0.2, -0.15) is 0 Å². The van der Waals surface area contributed by atoms with Crippen molar-refractivity contribution in [2.24, 2.45) is 5.73 Å². The molecule has 0 bridgehead atoms. The van der Waals surface area contributed by atoms with Gasteiger partial charge in [-0.25, -0.2) is 4.57 Å². The number of unbranched alkanes of at least 4 members (excludes halogenated alkanes) is 34. The van der Waals surface area contributed by atoms with Gasteiger partial charge in [0.15, 0.2) is 6.10 Å². The smallest absolute Gasteiger partial charge is 0.462 e. The number of ether oxygens (including phenoxy) is 2. The minimum Gasteiger partial charge on any atom is -0.462 e. The first-order chi connectivity index (χ1) is 36.8. The molecule has 0 aliphatic heterocycles. The van der Waals surface area contributed by atoms with Crippen LogP contribution in [0.1, 0.15) is 296 Å². The number of rotatable bonds is 59. The first-order valence-corrected chi connectivity index (χ1v) is 32.9. The molecule has 0 amide bonds. The predicted octanol–water partition coefficient (Wildman–Crippen LogP) is 20.1. The Morgan fingerprint density at radius 3 is 1.11 bits per heavy atom. The Morgan fingerprint density at radius 1 is 0.413 bits per heavy atom. The lowest BCUT2D eigenvalue weighted by atomic mass is 10.0. The Labute approximate surface area is 462 Å². The van der Waals surface area contributed by atoms with Crippen molar-refractivity contribution in [1.82, 2.24) is 0 Å². The zero-order chi connectivity index (χ0) is 54.5.